The second kappa shape index (κ2) is 7.55. The molecular weight excluding hydrogens is 222 g/mol. The molecule has 0 radical (unpaired) electrons. The maximum absolute atomic E-state index is 5.63. The molecule has 0 heterocycles. The first-order valence-corrected chi connectivity index (χ1v) is 7.29. The van der Waals surface area contributed by atoms with Gasteiger partial charge >= 0.3 is 0 Å². The molecule has 2 rings (SSSR count). The largest absolute Gasteiger partial charge is 0.380 e. The minimum Gasteiger partial charge on any atom is -0.380 e. The fourth-order valence-electron chi connectivity index (χ4n) is 2.72. The highest BCUT2D eigenvalue weighted by Crippen LogP contribution is 2.21. The Morgan fingerprint density at radius 2 is 1.89 bits per heavy atom. The van der Waals surface area contributed by atoms with Crippen molar-refractivity contribution in [3.8, 4) is 0 Å². The Morgan fingerprint density at radius 1 is 1.17 bits per heavy atom. The van der Waals surface area contributed by atoms with Crippen molar-refractivity contribution >= 4 is 0 Å². The zero-order chi connectivity index (χ0) is 12.6. The van der Waals surface area contributed by atoms with Crippen LogP contribution in [0, 0.1) is 0 Å². The van der Waals surface area contributed by atoms with E-state index in [1.807, 2.05) is 0 Å². The fourth-order valence-corrected chi connectivity index (χ4v) is 2.72. The molecule has 1 aromatic rings. The van der Waals surface area contributed by atoms with Crippen LogP contribution in [0.5, 0.6) is 0 Å². The summed E-state index contributed by atoms with van der Waals surface area (Å²) in [5, 5.41) is 3.78. The van der Waals surface area contributed by atoms with Gasteiger partial charge in [-0.15, -0.1) is 0 Å². The van der Waals surface area contributed by atoms with Crippen LogP contribution < -0.4 is 5.32 Å². The van der Waals surface area contributed by atoms with Gasteiger partial charge in [0.1, 0.15) is 0 Å². The predicted octanol–water partition coefficient (Wildman–Crippen LogP) is 3.69. The quantitative estimate of drug-likeness (QED) is 0.828. The van der Waals surface area contributed by atoms with E-state index in [2.05, 4.69) is 42.6 Å². The monoisotopic (exact) mass is 247 g/mol. The molecule has 1 aliphatic carbocycles. The van der Waals surface area contributed by atoms with E-state index in [4.69, 9.17) is 4.74 Å². The molecule has 0 spiro atoms. The van der Waals surface area contributed by atoms with E-state index in [0.29, 0.717) is 12.1 Å². The molecule has 1 N–H and O–H groups in total. The second-order valence-electron chi connectivity index (χ2n) is 5.12. The lowest BCUT2D eigenvalue weighted by Crippen LogP contribution is -2.36. The molecule has 2 nitrogen and oxygen atoms in total. The number of benzene rings is 1. The van der Waals surface area contributed by atoms with Gasteiger partial charge in [-0.3, -0.25) is 0 Å². The molecule has 2 heteroatoms. The molecule has 1 aliphatic rings. The van der Waals surface area contributed by atoms with Crippen molar-refractivity contribution in [1.29, 1.82) is 0 Å². The molecule has 18 heavy (non-hydrogen) atoms. The van der Waals surface area contributed by atoms with Crippen molar-refractivity contribution in [3.05, 3.63) is 35.9 Å². The van der Waals surface area contributed by atoms with Gasteiger partial charge in [-0.2, -0.15) is 0 Å². The van der Waals surface area contributed by atoms with Crippen LogP contribution in [0.1, 0.15) is 50.6 Å². The molecular formula is C16H25NO. The Hall–Kier alpha value is -0.860. The highest BCUT2D eigenvalue weighted by atomic mass is 16.5. The van der Waals surface area contributed by atoms with E-state index in [1.165, 1.54) is 37.7 Å². The summed E-state index contributed by atoms with van der Waals surface area (Å²) in [7, 11) is 0. The van der Waals surface area contributed by atoms with Crippen LogP contribution in [-0.2, 0) is 4.74 Å². The van der Waals surface area contributed by atoms with Gasteiger partial charge in [-0.05, 0) is 25.3 Å². The topological polar surface area (TPSA) is 21.3 Å². The SMILES string of the molecule is CCOC[C@H](NC1CCCCC1)c1ccccc1. The van der Waals surface area contributed by atoms with Gasteiger partial charge in [0, 0.05) is 12.6 Å². The zero-order valence-corrected chi connectivity index (χ0v) is 11.4. The highest BCUT2D eigenvalue weighted by Gasteiger charge is 2.19. The first-order valence-electron chi connectivity index (χ1n) is 7.29. The molecule has 0 saturated heterocycles. The van der Waals surface area contributed by atoms with Crippen molar-refractivity contribution in [3.63, 3.8) is 0 Å². The number of hydrogen-bond acceptors (Lipinski definition) is 2. The van der Waals surface area contributed by atoms with E-state index < -0.39 is 0 Å². The molecule has 1 atom stereocenters. The van der Waals surface area contributed by atoms with Crippen LogP contribution in [0.2, 0.25) is 0 Å². The van der Waals surface area contributed by atoms with Crippen molar-refractivity contribution < 1.29 is 4.74 Å². The molecule has 0 aliphatic heterocycles. The second-order valence-corrected chi connectivity index (χ2v) is 5.12. The zero-order valence-electron chi connectivity index (χ0n) is 11.4. The Balaban J connectivity index is 1.95. The van der Waals surface area contributed by atoms with Gasteiger partial charge in [-0.25, -0.2) is 0 Å². The van der Waals surface area contributed by atoms with Crippen LogP contribution in [0.25, 0.3) is 0 Å². The molecule has 0 aromatic heterocycles. The molecule has 0 bridgehead atoms. The van der Waals surface area contributed by atoms with Gasteiger partial charge in [0.2, 0.25) is 0 Å². The fraction of sp³-hybridized carbons (Fsp3) is 0.625. The van der Waals surface area contributed by atoms with Gasteiger partial charge in [0.25, 0.3) is 0 Å². The van der Waals surface area contributed by atoms with Gasteiger partial charge in [0.05, 0.1) is 12.6 Å². The minimum absolute atomic E-state index is 0.342. The lowest BCUT2D eigenvalue weighted by molar-refractivity contribution is 0.116. The third-order valence-corrected chi connectivity index (χ3v) is 3.73. The summed E-state index contributed by atoms with van der Waals surface area (Å²) in [4.78, 5) is 0. The summed E-state index contributed by atoms with van der Waals surface area (Å²) in [6, 6.07) is 11.7. The Bertz CT molecular complexity index is 319. The van der Waals surface area contributed by atoms with Crippen molar-refractivity contribution in [2.24, 2.45) is 0 Å². The van der Waals surface area contributed by atoms with Crippen LogP contribution in [0.4, 0.5) is 0 Å². The Morgan fingerprint density at radius 3 is 2.56 bits per heavy atom. The average Bonchev–Trinajstić information content (AvgIpc) is 2.45. The molecule has 0 unspecified atom stereocenters. The highest BCUT2D eigenvalue weighted by molar-refractivity contribution is 5.19. The van der Waals surface area contributed by atoms with E-state index in [-0.39, 0.29) is 0 Å². The molecule has 1 aromatic carbocycles. The summed E-state index contributed by atoms with van der Waals surface area (Å²) >= 11 is 0. The first-order chi connectivity index (χ1) is 8.90. The maximum Gasteiger partial charge on any atom is 0.0661 e. The van der Waals surface area contributed by atoms with E-state index in [1.54, 1.807) is 0 Å². The molecule has 100 valence electrons. The summed E-state index contributed by atoms with van der Waals surface area (Å²) in [5.41, 5.74) is 1.34. The molecule has 0 amide bonds. The number of rotatable bonds is 6. The summed E-state index contributed by atoms with van der Waals surface area (Å²) in [6.07, 6.45) is 6.77. The standard InChI is InChI=1S/C16H25NO/c1-2-18-13-16(14-9-5-3-6-10-14)17-15-11-7-4-8-12-15/h3,5-6,9-10,15-17H,2,4,7-8,11-13H2,1H3/t16-/m0/s1. The first kappa shape index (κ1) is 13.6. The van der Waals surface area contributed by atoms with E-state index in [0.717, 1.165) is 13.2 Å². The van der Waals surface area contributed by atoms with E-state index >= 15 is 0 Å². The Labute approximate surface area is 111 Å². The van der Waals surface area contributed by atoms with Gasteiger partial charge in [-0.1, -0.05) is 49.6 Å². The lowest BCUT2D eigenvalue weighted by atomic mass is 9.94. The summed E-state index contributed by atoms with van der Waals surface area (Å²) in [6.45, 7) is 3.62. The molecule has 1 fully saturated rings. The van der Waals surface area contributed by atoms with Crippen LogP contribution in [0.15, 0.2) is 30.3 Å². The maximum atomic E-state index is 5.63. The number of nitrogens with one attached hydrogen (secondary N) is 1. The van der Waals surface area contributed by atoms with Gasteiger partial charge < -0.3 is 10.1 Å². The number of ether oxygens (including phenoxy) is 1. The van der Waals surface area contributed by atoms with Crippen molar-refractivity contribution in [2.75, 3.05) is 13.2 Å². The van der Waals surface area contributed by atoms with Crippen LogP contribution in [-0.4, -0.2) is 19.3 Å². The summed E-state index contributed by atoms with van der Waals surface area (Å²) in [5.74, 6) is 0. The average molecular weight is 247 g/mol. The van der Waals surface area contributed by atoms with Crippen LogP contribution in [0.3, 0.4) is 0 Å². The smallest absolute Gasteiger partial charge is 0.0661 e. The van der Waals surface area contributed by atoms with Crippen molar-refractivity contribution in [2.45, 2.75) is 51.1 Å². The normalized spacial score (nSPS) is 18.7. The number of hydrogen-bond donors (Lipinski definition) is 1. The van der Waals surface area contributed by atoms with Crippen LogP contribution >= 0.6 is 0 Å². The van der Waals surface area contributed by atoms with E-state index in [9.17, 15) is 0 Å². The third-order valence-electron chi connectivity index (χ3n) is 3.73. The predicted molar refractivity (Wildman–Crippen MR) is 75.7 cm³/mol. The minimum atomic E-state index is 0.342. The lowest BCUT2D eigenvalue weighted by Gasteiger charge is -2.28. The summed E-state index contributed by atoms with van der Waals surface area (Å²) < 4.78 is 5.63. The van der Waals surface area contributed by atoms with Crippen molar-refractivity contribution in [1.82, 2.24) is 5.32 Å². The third kappa shape index (κ3) is 4.11. The van der Waals surface area contributed by atoms with Gasteiger partial charge in [0.15, 0.2) is 0 Å². The Kier molecular flexibility index (Phi) is 5.69. The molecule has 1 saturated carbocycles.